The van der Waals surface area contributed by atoms with Crippen molar-refractivity contribution >= 4 is 15.7 Å². The van der Waals surface area contributed by atoms with Gasteiger partial charge >= 0.3 is 0 Å². The topological polar surface area (TPSA) is 96.0 Å². The molecule has 3 N–H and O–H groups in total. The van der Waals surface area contributed by atoms with E-state index in [1.165, 1.54) is 6.26 Å². The third kappa shape index (κ3) is 7.47. The van der Waals surface area contributed by atoms with Gasteiger partial charge < -0.3 is 15.8 Å². The number of sulfone groups is 1. The summed E-state index contributed by atoms with van der Waals surface area (Å²) in [5, 5.41) is 11.4. The van der Waals surface area contributed by atoms with Gasteiger partial charge in [0.05, 0.1) is 5.75 Å². The van der Waals surface area contributed by atoms with Crippen LogP contribution < -0.4 is 5.73 Å². The van der Waals surface area contributed by atoms with Crippen LogP contribution in [0.15, 0.2) is 5.16 Å². The van der Waals surface area contributed by atoms with Gasteiger partial charge in [0.2, 0.25) is 0 Å². The third-order valence-corrected chi connectivity index (χ3v) is 3.29. The fourth-order valence-corrected chi connectivity index (χ4v) is 2.00. The van der Waals surface area contributed by atoms with E-state index in [1.54, 1.807) is 0 Å². The van der Waals surface area contributed by atoms with Gasteiger partial charge in [-0.15, -0.1) is 0 Å². The fourth-order valence-electron chi connectivity index (χ4n) is 1.35. The van der Waals surface area contributed by atoms with E-state index >= 15 is 0 Å². The molecule has 0 aromatic rings. The van der Waals surface area contributed by atoms with Crippen LogP contribution in [0.5, 0.6) is 0 Å². The number of nitrogens with two attached hydrogens (primary N) is 1. The quantitative estimate of drug-likeness (QED) is 0.281. The second kappa shape index (κ2) is 6.70. The molecular formula is C9H21N3O3S. The summed E-state index contributed by atoms with van der Waals surface area (Å²) < 4.78 is 21.8. The van der Waals surface area contributed by atoms with E-state index < -0.39 is 9.84 Å². The van der Waals surface area contributed by atoms with Crippen LogP contribution in [0.25, 0.3) is 0 Å². The van der Waals surface area contributed by atoms with Crippen molar-refractivity contribution in [3.63, 3.8) is 0 Å². The van der Waals surface area contributed by atoms with E-state index in [4.69, 9.17) is 10.9 Å². The molecule has 0 saturated heterocycles. The number of amidine groups is 1. The maximum absolute atomic E-state index is 10.9. The molecule has 1 atom stereocenters. The van der Waals surface area contributed by atoms with Crippen molar-refractivity contribution in [3.05, 3.63) is 0 Å². The van der Waals surface area contributed by atoms with Crippen LogP contribution in [0, 0.1) is 5.92 Å². The van der Waals surface area contributed by atoms with E-state index in [2.05, 4.69) is 5.16 Å². The zero-order valence-electron chi connectivity index (χ0n) is 10.0. The third-order valence-electron chi connectivity index (χ3n) is 2.26. The van der Waals surface area contributed by atoms with Crippen molar-refractivity contribution < 1.29 is 13.6 Å². The zero-order chi connectivity index (χ0) is 12.8. The van der Waals surface area contributed by atoms with Gasteiger partial charge in [-0.1, -0.05) is 12.1 Å². The van der Waals surface area contributed by atoms with Crippen LogP contribution in [-0.4, -0.2) is 56.5 Å². The Bertz CT molecular complexity index is 327. The van der Waals surface area contributed by atoms with Gasteiger partial charge in [0, 0.05) is 18.7 Å². The van der Waals surface area contributed by atoms with Gasteiger partial charge in [-0.3, -0.25) is 0 Å². The predicted molar refractivity (Wildman–Crippen MR) is 64.4 cm³/mol. The molecule has 0 heterocycles. The molecular weight excluding hydrogens is 230 g/mol. The monoisotopic (exact) mass is 251 g/mol. The molecule has 0 aromatic carbocycles. The van der Waals surface area contributed by atoms with Crippen molar-refractivity contribution in [1.82, 2.24) is 4.90 Å². The summed E-state index contributed by atoms with van der Waals surface area (Å²) in [4.78, 5) is 1.97. The first-order valence-corrected chi connectivity index (χ1v) is 7.16. The Kier molecular flexibility index (Phi) is 6.35. The zero-order valence-corrected chi connectivity index (χ0v) is 10.9. The van der Waals surface area contributed by atoms with Gasteiger partial charge in [-0.05, 0) is 20.0 Å². The summed E-state index contributed by atoms with van der Waals surface area (Å²) in [6, 6.07) is 0. The molecule has 0 bridgehead atoms. The Labute approximate surface area is 97.0 Å². The minimum Gasteiger partial charge on any atom is -0.409 e. The second-order valence-electron chi connectivity index (χ2n) is 4.17. The maximum Gasteiger partial charge on any atom is 0.147 e. The number of rotatable bonds is 7. The van der Waals surface area contributed by atoms with Crippen molar-refractivity contribution in [3.8, 4) is 0 Å². The van der Waals surface area contributed by atoms with Crippen molar-refractivity contribution in [2.75, 3.05) is 32.1 Å². The highest BCUT2D eigenvalue weighted by atomic mass is 32.2. The van der Waals surface area contributed by atoms with Gasteiger partial charge in [0.25, 0.3) is 0 Å². The van der Waals surface area contributed by atoms with Gasteiger partial charge in [-0.25, -0.2) is 8.42 Å². The van der Waals surface area contributed by atoms with Crippen molar-refractivity contribution in [2.45, 2.75) is 13.3 Å². The number of hydrogen-bond acceptors (Lipinski definition) is 5. The lowest BCUT2D eigenvalue weighted by molar-refractivity contribution is 0.295. The second-order valence-corrected chi connectivity index (χ2v) is 6.43. The molecule has 0 fully saturated rings. The Morgan fingerprint density at radius 3 is 2.56 bits per heavy atom. The van der Waals surface area contributed by atoms with Gasteiger partial charge in [-0.2, -0.15) is 0 Å². The first kappa shape index (κ1) is 15.2. The molecule has 0 saturated carbocycles. The van der Waals surface area contributed by atoms with Crippen LogP contribution in [-0.2, 0) is 9.84 Å². The molecule has 0 aliphatic heterocycles. The molecule has 96 valence electrons. The summed E-state index contributed by atoms with van der Waals surface area (Å²) in [6.07, 6.45) is 1.82. The predicted octanol–water partition coefficient (Wildman–Crippen LogP) is -0.265. The van der Waals surface area contributed by atoms with Gasteiger partial charge in [0.1, 0.15) is 15.7 Å². The minimum atomic E-state index is -2.88. The smallest absolute Gasteiger partial charge is 0.147 e. The highest BCUT2D eigenvalue weighted by molar-refractivity contribution is 7.90. The summed E-state index contributed by atoms with van der Waals surface area (Å²) in [5.41, 5.74) is 5.44. The largest absolute Gasteiger partial charge is 0.409 e. The first-order chi connectivity index (χ1) is 7.26. The lowest BCUT2D eigenvalue weighted by Gasteiger charge is -2.20. The molecule has 0 aliphatic carbocycles. The van der Waals surface area contributed by atoms with E-state index in [-0.39, 0.29) is 17.5 Å². The molecule has 0 spiro atoms. The standard InChI is InChI=1S/C9H21N3O3S/c1-8(9(10)11-13)7-12(2)5-4-6-16(3,14)15/h8,13H,4-7H2,1-3H3,(H2,10,11). The highest BCUT2D eigenvalue weighted by Gasteiger charge is 2.11. The molecule has 0 aliphatic rings. The molecule has 6 nitrogen and oxygen atoms in total. The van der Waals surface area contributed by atoms with E-state index in [0.29, 0.717) is 19.5 Å². The van der Waals surface area contributed by atoms with Crippen LogP contribution in [0.1, 0.15) is 13.3 Å². The van der Waals surface area contributed by atoms with E-state index in [1.807, 2.05) is 18.9 Å². The number of nitrogens with zero attached hydrogens (tertiary/aromatic N) is 2. The summed E-state index contributed by atoms with van der Waals surface area (Å²) in [6.45, 7) is 3.16. The average molecular weight is 251 g/mol. The normalized spacial score (nSPS) is 15.4. The van der Waals surface area contributed by atoms with Crippen LogP contribution in [0.2, 0.25) is 0 Å². The molecule has 0 radical (unpaired) electrons. The minimum absolute atomic E-state index is 0.0479. The van der Waals surface area contributed by atoms with Crippen LogP contribution in [0.3, 0.4) is 0 Å². The molecule has 1 unspecified atom stereocenters. The van der Waals surface area contributed by atoms with Crippen molar-refractivity contribution in [2.24, 2.45) is 16.8 Å². The average Bonchev–Trinajstić information content (AvgIpc) is 2.14. The number of hydrogen-bond donors (Lipinski definition) is 2. The first-order valence-electron chi connectivity index (χ1n) is 5.10. The van der Waals surface area contributed by atoms with Crippen LogP contribution >= 0.6 is 0 Å². The van der Waals surface area contributed by atoms with Crippen LogP contribution in [0.4, 0.5) is 0 Å². The molecule has 0 rings (SSSR count). The number of oxime groups is 1. The van der Waals surface area contributed by atoms with Gasteiger partial charge in [0.15, 0.2) is 0 Å². The maximum atomic E-state index is 10.9. The SMILES string of the molecule is CC(CN(C)CCCS(C)(=O)=O)C(N)=NO. The Morgan fingerprint density at radius 1 is 1.56 bits per heavy atom. The fraction of sp³-hybridized carbons (Fsp3) is 0.889. The summed E-state index contributed by atoms with van der Waals surface area (Å²) >= 11 is 0. The molecule has 7 heteroatoms. The lowest BCUT2D eigenvalue weighted by atomic mass is 10.1. The Morgan fingerprint density at radius 2 is 2.12 bits per heavy atom. The van der Waals surface area contributed by atoms with E-state index in [9.17, 15) is 8.42 Å². The Hall–Kier alpha value is -0.820. The Balaban J connectivity index is 3.87. The molecule has 0 amide bonds. The summed E-state index contributed by atoms with van der Waals surface area (Å²) in [7, 11) is -1.01. The lowest BCUT2D eigenvalue weighted by Crippen LogP contribution is -2.33. The molecule has 16 heavy (non-hydrogen) atoms. The highest BCUT2D eigenvalue weighted by Crippen LogP contribution is 2.00. The van der Waals surface area contributed by atoms with E-state index in [0.717, 1.165) is 0 Å². The van der Waals surface area contributed by atoms with Crippen molar-refractivity contribution in [1.29, 1.82) is 0 Å². The molecule has 0 aromatic heterocycles. The summed E-state index contributed by atoms with van der Waals surface area (Å²) in [5.74, 6) is 0.332.